The van der Waals surface area contributed by atoms with Crippen LogP contribution < -0.4 is 11.2 Å². The number of H-pyrrole nitrogens is 1. The highest BCUT2D eigenvalue weighted by Crippen LogP contribution is 2.43. The number of hydrogen-bond acceptors (Lipinski definition) is 9. The third-order valence-corrected chi connectivity index (χ3v) is 6.66. The Morgan fingerprint density at radius 3 is 1.88 bits per heavy atom. The summed E-state index contributed by atoms with van der Waals surface area (Å²) in [7, 11) is 0. The quantitative estimate of drug-likeness (QED) is 0.189. The van der Waals surface area contributed by atoms with E-state index in [1.807, 2.05) is 0 Å². The Morgan fingerprint density at radius 2 is 1.35 bits per heavy atom. The van der Waals surface area contributed by atoms with Crippen LogP contribution in [0.4, 0.5) is 0 Å². The normalized spacial score (nSPS) is 20.9. The summed E-state index contributed by atoms with van der Waals surface area (Å²) in [4.78, 5) is 66.3. The molecule has 4 aromatic rings. The monoisotopic (exact) mass is 580 g/mol. The molecule has 0 spiro atoms. The van der Waals surface area contributed by atoms with Gasteiger partial charge in [0.2, 0.25) is 0 Å². The molecule has 1 aliphatic rings. The van der Waals surface area contributed by atoms with Crippen LogP contribution in [-0.4, -0.2) is 51.9 Å². The summed E-state index contributed by atoms with van der Waals surface area (Å²) in [5.41, 5.74) is -3.42. The van der Waals surface area contributed by atoms with Crippen LogP contribution in [0.5, 0.6) is 0 Å². The third kappa shape index (κ3) is 6.00. The first-order valence-electron chi connectivity index (χ1n) is 13.0. The second-order valence-electron chi connectivity index (χ2n) is 9.39. The Balaban J connectivity index is 1.59. The number of aromatic amines is 1. The zero-order valence-corrected chi connectivity index (χ0v) is 22.5. The number of ether oxygens (including phenoxy) is 4. The van der Waals surface area contributed by atoms with Gasteiger partial charge in [-0.25, -0.2) is 19.2 Å². The van der Waals surface area contributed by atoms with Gasteiger partial charge in [-0.1, -0.05) is 54.6 Å². The van der Waals surface area contributed by atoms with Crippen LogP contribution in [-0.2, 0) is 18.9 Å². The fourth-order valence-electron chi connectivity index (χ4n) is 4.58. The summed E-state index contributed by atoms with van der Waals surface area (Å²) < 4.78 is 24.2. The van der Waals surface area contributed by atoms with Crippen LogP contribution in [0, 0.1) is 12.3 Å². The van der Waals surface area contributed by atoms with Gasteiger partial charge in [0, 0.05) is 12.3 Å². The van der Waals surface area contributed by atoms with Gasteiger partial charge in [-0.2, -0.15) is 0 Å². The first-order valence-corrected chi connectivity index (χ1v) is 13.0. The van der Waals surface area contributed by atoms with E-state index in [0.29, 0.717) is 0 Å². The number of rotatable bonds is 8. The highest BCUT2D eigenvalue weighted by molar-refractivity contribution is 5.91. The number of carbonyl (C=O) groups is 3. The average Bonchev–Trinajstić information content (AvgIpc) is 3.33. The molecule has 43 heavy (non-hydrogen) atoms. The van der Waals surface area contributed by atoms with Gasteiger partial charge in [-0.3, -0.25) is 14.3 Å². The van der Waals surface area contributed by atoms with Gasteiger partial charge in [0.05, 0.1) is 16.7 Å². The van der Waals surface area contributed by atoms with E-state index >= 15 is 0 Å². The van der Waals surface area contributed by atoms with Crippen molar-refractivity contribution in [3.8, 4) is 12.3 Å². The van der Waals surface area contributed by atoms with Crippen LogP contribution in [0.25, 0.3) is 0 Å². The number of terminal acetylenes is 1. The second-order valence-corrected chi connectivity index (χ2v) is 9.39. The summed E-state index contributed by atoms with van der Waals surface area (Å²) in [6.45, 7) is -0.513. The van der Waals surface area contributed by atoms with E-state index in [4.69, 9.17) is 25.4 Å². The highest BCUT2D eigenvalue weighted by atomic mass is 16.7. The summed E-state index contributed by atoms with van der Waals surface area (Å²) in [5, 5.41) is 0. The van der Waals surface area contributed by atoms with Gasteiger partial charge < -0.3 is 18.9 Å². The molecule has 0 radical (unpaired) electrons. The molecule has 0 unspecified atom stereocenters. The molecule has 11 heteroatoms. The minimum Gasteiger partial charge on any atom is -0.459 e. The maximum absolute atomic E-state index is 13.4. The van der Waals surface area contributed by atoms with Crippen molar-refractivity contribution in [2.75, 3.05) is 6.61 Å². The zero-order valence-electron chi connectivity index (χ0n) is 22.5. The number of hydrogen-bond donors (Lipinski definition) is 1. The molecule has 11 nitrogen and oxygen atoms in total. The number of aromatic nitrogens is 2. The number of carbonyl (C=O) groups excluding carboxylic acids is 3. The number of benzene rings is 3. The van der Waals surface area contributed by atoms with E-state index in [-0.39, 0.29) is 16.7 Å². The molecule has 1 N–H and O–H groups in total. The Morgan fingerprint density at radius 1 is 0.814 bits per heavy atom. The first-order chi connectivity index (χ1) is 20.8. The molecule has 3 aromatic carbocycles. The van der Waals surface area contributed by atoms with Crippen molar-refractivity contribution < 1.29 is 33.3 Å². The molecule has 2 heterocycles. The van der Waals surface area contributed by atoms with Gasteiger partial charge in [-0.15, -0.1) is 6.42 Å². The molecule has 0 amide bonds. The van der Waals surface area contributed by atoms with Crippen LogP contribution >= 0.6 is 0 Å². The van der Waals surface area contributed by atoms with Crippen molar-refractivity contribution in [1.82, 2.24) is 9.55 Å². The van der Waals surface area contributed by atoms with E-state index in [0.717, 1.165) is 16.8 Å². The molecule has 1 saturated heterocycles. The maximum atomic E-state index is 13.4. The predicted molar refractivity (Wildman–Crippen MR) is 151 cm³/mol. The molecule has 1 aliphatic heterocycles. The Hall–Kier alpha value is -5.73. The van der Waals surface area contributed by atoms with Gasteiger partial charge in [0.25, 0.3) is 11.2 Å². The molecule has 0 saturated carbocycles. The van der Waals surface area contributed by atoms with Gasteiger partial charge in [0.1, 0.15) is 12.7 Å². The standard InChI is InChI=1S/C32H24N2O9/c1-2-32(43-29(38)23-16-10-5-11-17-23)26(42-28(37)22-14-8-4-9-15-22)24(20-40-27(36)21-12-6-3-7-13-21)41-30(32)34-19-18-25(35)33-31(34)39/h1,3-19,24,26,30H,20H2,(H,33,35,39)/t24-,26-,30-,32-/m1/s1. The summed E-state index contributed by atoms with van der Waals surface area (Å²) in [6, 6.07) is 25.0. The Kier molecular flexibility index (Phi) is 8.32. The van der Waals surface area contributed by atoms with Crippen LogP contribution in [0.15, 0.2) is 113 Å². The van der Waals surface area contributed by atoms with Crippen molar-refractivity contribution in [2.24, 2.45) is 0 Å². The van der Waals surface area contributed by atoms with Gasteiger partial charge in [-0.05, 0) is 42.3 Å². The molecule has 1 fully saturated rings. The van der Waals surface area contributed by atoms with E-state index in [1.54, 1.807) is 66.7 Å². The first kappa shape index (κ1) is 28.8. The predicted octanol–water partition coefficient (Wildman–Crippen LogP) is 2.75. The van der Waals surface area contributed by atoms with Gasteiger partial charge >= 0.3 is 23.6 Å². The minimum atomic E-state index is -2.27. The van der Waals surface area contributed by atoms with Crippen molar-refractivity contribution in [3.63, 3.8) is 0 Å². The Labute approximate surface area is 244 Å². The smallest absolute Gasteiger partial charge is 0.339 e. The van der Waals surface area contributed by atoms with Crippen molar-refractivity contribution in [1.29, 1.82) is 0 Å². The summed E-state index contributed by atoms with van der Waals surface area (Å²) in [5.74, 6) is -0.0847. The van der Waals surface area contributed by atoms with Crippen molar-refractivity contribution in [3.05, 3.63) is 141 Å². The SMILES string of the molecule is C#C[C@@]1(OC(=O)c2ccccc2)[C@H](OC(=O)c2ccccc2)[C@@H](COC(=O)c2ccccc2)O[C@H]1n1ccc(=O)[nH]c1=O. The van der Waals surface area contributed by atoms with Gasteiger partial charge in [0.15, 0.2) is 12.3 Å². The molecule has 216 valence electrons. The fourth-order valence-corrected chi connectivity index (χ4v) is 4.58. The summed E-state index contributed by atoms with van der Waals surface area (Å²) in [6.07, 6.45) is 2.58. The highest BCUT2D eigenvalue weighted by Gasteiger charge is 2.63. The van der Waals surface area contributed by atoms with E-state index in [1.165, 1.54) is 24.3 Å². The molecular formula is C32H24N2O9. The molecule has 5 rings (SSSR count). The number of nitrogens with one attached hydrogen (secondary N) is 1. The topological polar surface area (TPSA) is 143 Å². The van der Waals surface area contributed by atoms with Crippen molar-refractivity contribution >= 4 is 17.9 Å². The third-order valence-electron chi connectivity index (χ3n) is 6.66. The van der Waals surface area contributed by atoms with E-state index < -0.39 is 59.8 Å². The van der Waals surface area contributed by atoms with E-state index in [9.17, 15) is 24.0 Å². The number of esters is 3. The second kappa shape index (κ2) is 12.4. The molecule has 1 aromatic heterocycles. The fraction of sp³-hybridized carbons (Fsp3) is 0.156. The maximum Gasteiger partial charge on any atom is 0.339 e. The lowest BCUT2D eigenvalue weighted by Gasteiger charge is -2.33. The lowest BCUT2D eigenvalue weighted by Crippen LogP contribution is -2.53. The molecular weight excluding hydrogens is 556 g/mol. The Bertz CT molecular complexity index is 1780. The van der Waals surface area contributed by atoms with Crippen LogP contribution in [0.1, 0.15) is 37.3 Å². The van der Waals surface area contributed by atoms with E-state index in [2.05, 4.69) is 10.9 Å². The van der Waals surface area contributed by atoms with Crippen LogP contribution in [0.2, 0.25) is 0 Å². The largest absolute Gasteiger partial charge is 0.459 e. The molecule has 0 aliphatic carbocycles. The zero-order chi connectivity index (χ0) is 30.4. The average molecular weight is 581 g/mol. The molecule has 0 bridgehead atoms. The van der Waals surface area contributed by atoms with Crippen LogP contribution in [0.3, 0.4) is 0 Å². The number of nitrogens with zero attached hydrogens (tertiary/aromatic N) is 1. The summed E-state index contributed by atoms with van der Waals surface area (Å²) >= 11 is 0. The molecule has 4 atom stereocenters. The lowest BCUT2D eigenvalue weighted by molar-refractivity contribution is -0.0896. The minimum absolute atomic E-state index is 0.108. The lowest BCUT2D eigenvalue weighted by atomic mass is 9.93. The van der Waals surface area contributed by atoms with Crippen molar-refractivity contribution in [2.45, 2.75) is 24.0 Å².